The minimum absolute atomic E-state index is 0.0895. The van der Waals surface area contributed by atoms with Gasteiger partial charge in [-0.1, -0.05) is 26.8 Å². The molecule has 37 heavy (non-hydrogen) atoms. The van der Waals surface area contributed by atoms with Crippen LogP contribution in [0.5, 0.6) is 17.2 Å². The fourth-order valence-corrected chi connectivity index (χ4v) is 4.60. The van der Waals surface area contributed by atoms with Crippen LogP contribution in [0.4, 0.5) is 16.2 Å². The second-order valence-corrected chi connectivity index (χ2v) is 10.5. The third-order valence-corrected chi connectivity index (χ3v) is 6.69. The number of nitrogens with zero attached hydrogens (tertiary/aromatic N) is 1. The van der Waals surface area contributed by atoms with Gasteiger partial charge >= 0.3 is 6.09 Å². The van der Waals surface area contributed by atoms with Gasteiger partial charge in [0.05, 0.1) is 19.9 Å². The number of benzene rings is 2. The average molecular weight is 501 g/mol. The molecule has 1 fully saturated rings. The molecule has 1 heterocycles. The van der Waals surface area contributed by atoms with Gasteiger partial charge in [0.1, 0.15) is 17.3 Å². The van der Waals surface area contributed by atoms with E-state index in [-0.39, 0.29) is 5.41 Å². The van der Waals surface area contributed by atoms with E-state index in [0.717, 1.165) is 29.0 Å². The van der Waals surface area contributed by atoms with Crippen LogP contribution in [0.25, 0.3) is 0 Å². The van der Waals surface area contributed by atoms with Crippen LogP contribution in [0.2, 0.25) is 0 Å². The standard InChI is InChI=1S/C30H32N2O5/c1-30(2,3)24-14-18-12-19(18)15-26(24)37-29(33)32-21-6-8-22(9-7-21)36-23-10-11-31-25-17-28(35-5)27(34-4)16-20(25)13-23/h6-11,14-19H,12-13H2,1-5H3,(H,32,33). The summed E-state index contributed by atoms with van der Waals surface area (Å²) in [4.78, 5) is 17.2. The summed E-state index contributed by atoms with van der Waals surface area (Å²) in [7, 11) is 3.21. The van der Waals surface area contributed by atoms with Gasteiger partial charge in [-0.05, 0) is 77.3 Å². The molecule has 2 unspecified atom stereocenters. The van der Waals surface area contributed by atoms with E-state index in [2.05, 4.69) is 43.2 Å². The number of hydrogen-bond acceptors (Lipinski definition) is 6. The number of anilines is 1. The molecular weight excluding hydrogens is 468 g/mol. The van der Waals surface area contributed by atoms with Gasteiger partial charge in [-0.25, -0.2) is 4.79 Å². The first-order valence-electron chi connectivity index (χ1n) is 12.4. The third kappa shape index (κ3) is 5.56. The fraction of sp³-hybridized carbons (Fsp3) is 0.333. The zero-order valence-electron chi connectivity index (χ0n) is 21.8. The molecule has 0 spiro atoms. The molecule has 2 aromatic rings. The number of carbonyl (C=O) groups excluding carboxylic acids is 1. The van der Waals surface area contributed by atoms with E-state index in [9.17, 15) is 4.79 Å². The molecular formula is C30H32N2O5. The molecule has 0 bridgehead atoms. The topological polar surface area (TPSA) is 78.4 Å². The van der Waals surface area contributed by atoms with Crippen molar-refractivity contribution < 1.29 is 23.7 Å². The maximum atomic E-state index is 12.7. The first-order chi connectivity index (χ1) is 17.7. The molecule has 2 aliphatic carbocycles. The lowest BCUT2D eigenvalue weighted by Gasteiger charge is -2.27. The molecule has 2 aromatic carbocycles. The second kappa shape index (κ2) is 9.81. The Morgan fingerprint density at radius 2 is 1.70 bits per heavy atom. The molecule has 1 N–H and O–H groups in total. The highest BCUT2D eigenvalue weighted by atomic mass is 16.6. The summed E-state index contributed by atoms with van der Waals surface area (Å²) in [5.74, 6) is 4.40. The zero-order chi connectivity index (χ0) is 26.2. The summed E-state index contributed by atoms with van der Waals surface area (Å²) >= 11 is 0. The van der Waals surface area contributed by atoms with Crippen molar-refractivity contribution in [1.82, 2.24) is 0 Å². The Labute approximate surface area is 217 Å². The van der Waals surface area contributed by atoms with Gasteiger partial charge in [0.15, 0.2) is 11.5 Å². The van der Waals surface area contributed by atoms with E-state index < -0.39 is 6.09 Å². The lowest BCUT2D eigenvalue weighted by atomic mass is 9.82. The highest BCUT2D eigenvalue weighted by Crippen LogP contribution is 2.50. The number of aliphatic imine (C=N–C) groups is 1. The molecule has 0 radical (unpaired) electrons. The molecule has 0 aromatic heterocycles. The molecule has 1 aliphatic heterocycles. The minimum Gasteiger partial charge on any atom is -0.493 e. The number of methoxy groups -OCH3 is 2. The zero-order valence-corrected chi connectivity index (χ0v) is 21.8. The van der Waals surface area contributed by atoms with Crippen molar-refractivity contribution >= 4 is 23.7 Å². The van der Waals surface area contributed by atoms with Crippen LogP contribution in [-0.4, -0.2) is 26.5 Å². The Hall–Kier alpha value is -4.00. The molecule has 0 saturated heterocycles. The first kappa shape index (κ1) is 24.7. The highest BCUT2D eigenvalue weighted by molar-refractivity contribution is 5.85. The van der Waals surface area contributed by atoms with Gasteiger partial charge in [0.2, 0.25) is 0 Å². The van der Waals surface area contributed by atoms with Crippen LogP contribution in [-0.2, 0) is 11.2 Å². The fourth-order valence-electron chi connectivity index (χ4n) is 4.60. The molecule has 7 heteroatoms. The van der Waals surface area contributed by atoms with Crippen LogP contribution in [0, 0.1) is 17.3 Å². The predicted molar refractivity (Wildman–Crippen MR) is 144 cm³/mol. The van der Waals surface area contributed by atoms with Crippen molar-refractivity contribution in [3.63, 3.8) is 0 Å². The Morgan fingerprint density at radius 1 is 1.00 bits per heavy atom. The largest absolute Gasteiger partial charge is 0.493 e. The van der Waals surface area contributed by atoms with E-state index in [1.165, 1.54) is 0 Å². The van der Waals surface area contributed by atoms with Crippen molar-refractivity contribution in [3.8, 4) is 17.2 Å². The molecule has 1 saturated carbocycles. The van der Waals surface area contributed by atoms with Crippen LogP contribution in [0.15, 0.2) is 76.7 Å². The average Bonchev–Trinajstić information content (AvgIpc) is 3.65. The van der Waals surface area contributed by atoms with Crippen LogP contribution >= 0.6 is 0 Å². The summed E-state index contributed by atoms with van der Waals surface area (Å²) in [6, 6.07) is 11.0. The number of ether oxygens (including phenoxy) is 4. The Bertz CT molecular complexity index is 1330. The lowest BCUT2D eigenvalue weighted by Crippen LogP contribution is -2.20. The maximum absolute atomic E-state index is 12.7. The van der Waals surface area contributed by atoms with Crippen molar-refractivity contribution in [2.45, 2.75) is 33.6 Å². The second-order valence-electron chi connectivity index (χ2n) is 10.5. The van der Waals surface area contributed by atoms with Gasteiger partial charge in [0, 0.05) is 24.4 Å². The van der Waals surface area contributed by atoms with Gasteiger partial charge in [0.25, 0.3) is 0 Å². The van der Waals surface area contributed by atoms with Crippen LogP contribution in [0.3, 0.4) is 0 Å². The van der Waals surface area contributed by atoms with Gasteiger partial charge in [-0.2, -0.15) is 0 Å². The number of rotatable bonds is 6. The highest BCUT2D eigenvalue weighted by Gasteiger charge is 2.41. The van der Waals surface area contributed by atoms with E-state index in [4.69, 9.17) is 18.9 Å². The Balaban J connectivity index is 1.21. The third-order valence-electron chi connectivity index (χ3n) is 6.69. The number of carbonyl (C=O) groups is 1. The number of allylic oxidation sites excluding steroid dienone is 5. The SMILES string of the molecule is COc1cc2c(cc1OC)N=CC=C(Oc1ccc(NC(=O)OC3=CC4CC4C=C3C(C)(C)C)cc1)C2. The summed E-state index contributed by atoms with van der Waals surface area (Å²) in [6.45, 7) is 6.41. The van der Waals surface area contributed by atoms with Crippen LogP contribution < -0.4 is 19.5 Å². The van der Waals surface area contributed by atoms with Gasteiger partial charge in [-0.3, -0.25) is 10.3 Å². The van der Waals surface area contributed by atoms with Crippen molar-refractivity contribution in [2.75, 3.05) is 19.5 Å². The van der Waals surface area contributed by atoms with E-state index >= 15 is 0 Å². The molecule has 1 amide bonds. The molecule has 192 valence electrons. The molecule has 2 atom stereocenters. The summed E-state index contributed by atoms with van der Waals surface area (Å²) in [5.41, 5.74) is 3.39. The lowest BCUT2D eigenvalue weighted by molar-refractivity contribution is 0.190. The smallest absolute Gasteiger partial charge is 0.417 e. The summed E-state index contributed by atoms with van der Waals surface area (Å²) in [5, 5.41) is 2.82. The van der Waals surface area contributed by atoms with Gasteiger partial charge in [-0.15, -0.1) is 0 Å². The normalized spacial score (nSPS) is 19.8. The minimum atomic E-state index is -0.502. The maximum Gasteiger partial charge on any atom is 0.417 e. The van der Waals surface area contributed by atoms with Crippen molar-refractivity contribution in [3.05, 3.63) is 77.3 Å². The number of fused-ring (bicyclic) bond motifs is 2. The van der Waals surface area contributed by atoms with E-state index in [0.29, 0.717) is 47.0 Å². The molecule has 7 nitrogen and oxygen atoms in total. The van der Waals surface area contributed by atoms with Crippen molar-refractivity contribution in [1.29, 1.82) is 0 Å². The monoisotopic (exact) mass is 500 g/mol. The van der Waals surface area contributed by atoms with Crippen LogP contribution in [0.1, 0.15) is 32.8 Å². The van der Waals surface area contributed by atoms with Gasteiger partial charge < -0.3 is 18.9 Å². The molecule has 5 rings (SSSR count). The predicted octanol–water partition coefficient (Wildman–Crippen LogP) is 6.98. The quantitative estimate of drug-likeness (QED) is 0.463. The summed E-state index contributed by atoms with van der Waals surface area (Å²) < 4.78 is 22.7. The molecule has 3 aliphatic rings. The Kier molecular flexibility index (Phi) is 6.54. The van der Waals surface area contributed by atoms with E-state index in [1.807, 2.05) is 30.3 Å². The Morgan fingerprint density at radius 3 is 2.41 bits per heavy atom. The van der Waals surface area contributed by atoms with Crippen molar-refractivity contribution in [2.24, 2.45) is 22.2 Å². The number of hydrogen-bond donors (Lipinski definition) is 1. The summed E-state index contributed by atoms with van der Waals surface area (Å²) in [6.07, 6.45) is 9.08. The first-order valence-corrected chi connectivity index (χ1v) is 12.4. The number of nitrogens with one attached hydrogen (secondary N) is 1. The van der Waals surface area contributed by atoms with E-state index in [1.54, 1.807) is 32.6 Å². The number of amides is 1.